The molecule has 0 atom stereocenters. The number of carbonyl (C=O) groups is 1. The Balaban J connectivity index is 1.82. The maximum atomic E-state index is 11.7. The smallest absolute Gasteiger partial charge is 0.259 e. The molecule has 0 radical (unpaired) electrons. The van der Waals surface area contributed by atoms with E-state index in [2.05, 4.69) is 10.5 Å². The summed E-state index contributed by atoms with van der Waals surface area (Å²) in [5.41, 5.74) is 4.67. The molecule has 4 heteroatoms. The van der Waals surface area contributed by atoms with Gasteiger partial charge in [0.15, 0.2) is 0 Å². The van der Waals surface area contributed by atoms with Gasteiger partial charge in [-0.15, -0.1) is 0 Å². The predicted molar refractivity (Wildman–Crippen MR) is 73.7 cm³/mol. The van der Waals surface area contributed by atoms with E-state index in [9.17, 15) is 4.79 Å². The van der Waals surface area contributed by atoms with Crippen molar-refractivity contribution in [2.75, 3.05) is 18.5 Å². The van der Waals surface area contributed by atoms with Crippen LogP contribution < -0.4 is 10.3 Å². The van der Waals surface area contributed by atoms with Crippen molar-refractivity contribution in [2.24, 2.45) is 11.0 Å². The summed E-state index contributed by atoms with van der Waals surface area (Å²) in [6.07, 6.45) is 2.41. The summed E-state index contributed by atoms with van der Waals surface area (Å²) in [6.45, 7) is 2.28. The SMILES string of the molecule is C/C(=N/NC(=O)CN(C)c1ccccc1)C1CC1. The largest absolute Gasteiger partial charge is 0.365 e. The van der Waals surface area contributed by atoms with E-state index < -0.39 is 0 Å². The number of rotatable bonds is 5. The van der Waals surface area contributed by atoms with Gasteiger partial charge in [-0.1, -0.05) is 18.2 Å². The first-order valence-corrected chi connectivity index (χ1v) is 6.26. The number of para-hydroxylation sites is 1. The number of hydrogen-bond donors (Lipinski definition) is 1. The minimum Gasteiger partial charge on any atom is -0.365 e. The van der Waals surface area contributed by atoms with E-state index in [4.69, 9.17) is 0 Å². The average Bonchev–Trinajstić information content (AvgIpc) is 3.21. The van der Waals surface area contributed by atoms with Gasteiger partial charge in [-0.3, -0.25) is 4.79 Å². The maximum absolute atomic E-state index is 11.7. The van der Waals surface area contributed by atoms with Crippen LogP contribution in [0, 0.1) is 5.92 Å². The van der Waals surface area contributed by atoms with Gasteiger partial charge in [0.1, 0.15) is 0 Å². The molecule has 4 nitrogen and oxygen atoms in total. The molecule has 1 aliphatic rings. The van der Waals surface area contributed by atoms with E-state index in [-0.39, 0.29) is 5.91 Å². The Morgan fingerprint density at radius 1 is 1.39 bits per heavy atom. The minimum atomic E-state index is -0.0821. The van der Waals surface area contributed by atoms with Crippen LogP contribution in [0.1, 0.15) is 19.8 Å². The predicted octanol–water partition coefficient (Wildman–Crippen LogP) is 2.02. The molecule has 1 aromatic carbocycles. The second-order valence-corrected chi connectivity index (χ2v) is 4.75. The summed E-state index contributed by atoms with van der Waals surface area (Å²) in [4.78, 5) is 13.6. The van der Waals surface area contributed by atoms with Gasteiger partial charge in [-0.2, -0.15) is 5.10 Å². The lowest BCUT2D eigenvalue weighted by Gasteiger charge is -2.17. The summed E-state index contributed by atoms with van der Waals surface area (Å²) < 4.78 is 0. The van der Waals surface area contributed by atoms with Crippen LogP contribution in [0.3, 0.4) is 0 Å². The van der Waals surface area contributed by atoms with Gasteiger partial charge >= 0.3 is 0 Å². The molecule has 1 aliphatic carbocycles. The summed E-state index contributed by atoms with van der Waals surface area (Å²) in [6, 6.07) is 9.83. The Hall–Kier alpha value is -1.84. The zero-order valence-electron chi connectivity index (χ0n) is 10.9. The lowest BCUT2D eigenvalue weighted by Crippen LogP contribution is -2.33. The molecule has 18 heavy (non-hydrogen) atoms. The molecular formula is C14H19N3O. The van der Waals surface area contributed by atoms with Crippen molar-refractivity contribution in [3.63, 3.8) is 0 Å². The van der Waals surface area contributed by atoms with E-state index >= 15 is 0 Å². The zero-order valence-corrected chi connectivity index (χ0v) is 10.9. The summed E-state index contributed by atoms with van der Waals surface area (Å²) >= 11 is 0. The lowest BCUT2D eigenvalue weighted by atomic mass is 10.3. The molecule has 1 N–H and O–H groups in total. The van der Waals surface area contributed by atoms with E-state index in [0.29, 0.717) is 12.5 Å². The molecule has 2 rings (SSSR count). The standard InChI is InChI=1S/C14H19N3O/c1-11(12-8-9-12)15-16-14(18)10-17(2)13-6-4-3-5-7-13/h3-7,12H,8-10H2,1-2H3,(H,16,18)/b15-11-. The zero-order chi connectivity index (χ0) is 13.0. The quantitative estimate of drug-likeness (QED) is 0.637. The van der Waals surface area contributed by atoms with E-state index in [1.165, 1.54) is 12.8 Å². The normalized spacial score (nSPS) is 15.3. The molecule has 1 saturated carbocycles. The lowest BCUT2D eigenvalue weighted by molar-refractivity contribution is -0.119. The number of anilines is 1. The molecule has 1 amide bonds. The minimum absolute atomic E-state index is 0.0821. The van der Waals surface area contributed by atoms with Crippen LogP contribution in [0.15, 0.2) is 35.4 Å². The van der Waals surface area contributed by atoms with Crippen LogP contribution in [0.25, 0.3) is 0 Å². The van der Waals surface area contributed by atoms with E-state index in [0.717, 1.165) is 11.4 Å². The van der Waals surface area contributed by atoms with Crippen molar-refractivity contribution >= 4 is 17.3 Å². The number of nitrogens with one attached hydrogen (secondary N) is 1. The van der Waals surface area contributed by atoms with Gasteiger partial charge in [0.25, 0.3) is 5.91 Å². The van der Waals surface area contributed by atoms with Crippen LogP contribution in [0.5, 0.6) is 0 Å². The number of hydrogen-bond acceptors (Lipinski definition) is 3. The molecule has 0 aromatic heterocycles. The van der Waals surface area contributed by atoms with Crippen LogP contribution in [0.2, 0.25) is 0 Å². The molecule has 96 valence electrons. The monoisotopic (exact) mass is 245 g/mol. The first kappa shape index (κ1) is 12.6. The third-order valence-corrected chi connectivity index (χ3v) is 3.10. The van der Waals surface area contributed by atoms with E-state index in [1.807, 2.05) is 49.2 Å². The van der Waals surface area contributed by atoms with Gasteiger partial charge in [-0.25, -0.2) is 5.43 Å². The highest BCUT2D eigenvalue weighted by atomic mass is 16.2. The fourth-order valence-electron chi connectivity index (χ4n) is 1.77. The summed E-state index contributed by atoms with van der Waals surface area (Å²) in [5.74, 6) is 0.513. The van der Waals surface area contributed by atoms with Crippen molar-refractivity contribution in [1.82, 2.24) is 5.43 Å². The number of benzene rings is 1. The third-order valence-electron chi connectivity index (χ3n) is 3.10. The van der Waals surface area contributed by atoms with Gasteiger partial charge in [-0.05, 0) is 37.8 Å². The van der Waals surface area contributed by atoms with Gasteiger partial charge < -0.3 is 4.90 Å². The molecule has 0 spiro atoms. The molecule has 1 aromatic rings. The van der Waals surface area contributed by atoms with Crippen molar-refractivity contribution in [3.8, 4) is 0 Å². The van der Waals surface area contributed by atoms with Crippen molar-refractivity contribution in [2.45, 2.75) is 19.8 Å². The highest BCUT2D eigenvalue weighted by Gasteiger charge is 2.24. The van der Waals surface area contributed by atoms with Crippen LogP contribution in [-0.2, 0) is 4.79 Å². The highest BCUT2D eigenvalue weighted by molar-refractivity contribution is 5.88. The Morgan fingerprint density at radius 3 is 2.67 bits per heavy atom. The fraction of sp³-hybridized carbons (Fsp3) is 0.429. The van der Waals surface area contributed by atoms with Gasteiger partial charge in [0, 0.05) is 18.4 Å². The number of likely N-dealkylation sites (N-methyl/N-ethyl adjacent to an activating group) is 1. The fourth-order valence-corrected chi connectivity index (χ4v) is 1.77. The molecule has 0 unspecified atom stereocenters. The van der Waals surface area contributed by atoms with Crippen molar-refractivity contribution in [3.05, 3.63) is 30.3 Å². The first-order valence-electron chi connectivity index (χ1n) is 6.26. The Morgan fingerprint density at radius 2 is 2.06 bits per heavy atom. The number of amides is 1. The Bertz CT molecular complexity index is 438. The molecule has 0 saturated heterocycles. The highest BCUT2D eigenvalue weighted by Crippen LogP contribution is 2.30. The maximum Gasteiger partial charge on any atom is 0.259 e. The van der Waals surface area contributed by atoms with Gasteiger partial charge in [0.2, 0.25) is 0 Å². The second kappa shape index (κ2) is 5.67. The average molecular weight is 245 g/mol. The van der Waals surface area contributed by atoms with Crippen LogP contribution in [0.4, 0.5) is 5.69 Å². The van der Waals surface area contributed by atoms with Crippen LogP contribution in [-0.4, -0.2) is 25.2 Å². The topological polar surface area (TPSA) is 44.7 Å². The molecule has 0 heterocycles. The Labute approximate surface area is 108 Å². The number of carbonyl (C=O) groups excluding carboxylic acids is 1. The molecule has 0 bridgehead atoms. The van der Waals surface area contributed by atoms with E-state index in [1.54, 1.807) is 0 Å². The Kier molecular flexibility index (Phi) is 3.97. The number of nitrogens with zero attached hydrogens (tertiary/aromatic N) is 2. The van der Waals surface area contributed by atoms with Crippen molar-refractivity contribution in [1.29, 1.82) is 0 Å². The summed E-state index contributed by atoms with van der Waals surface area (Å²) in [7, 11) is 1.90. The third kappa shape index (κ3) is 3.58. The molecule has 1 fully saturated rings. The van der Waals surface area contributed by atoms with Crippen LogP contribution >= 0.6 is 0 Å². The van der Waals surface area contributed by atoms with Gasteiger partial charge in [0.05, 0.1) is 6.54 Å². The summed E-state index contributed by atoms with van der Waals surface area (Å²) in [5, 5.41) is 4.12. The molecular weight excluding hydrogens is 226 g/mol. The second-order valence-electron chi connectivity index (χ2n) is 4.75. The first-order chi connectivity index (χ1) is 8.66. The molecule has 0 aliphatic heterocycles. The number of hydrazone groups is 1. The van der Waals surface area contributed by atoms with Crippen molar-refractivity contribution < 1.29 is 4.79 Å².